The Hall–Kier alpha value is -2.86. The number of phenolic OH excluding ortho intramolecular Hbond substituents is 2. The van der Waals surface area contributed by atoms with Crippen LogP contribution >= 0.6 is 0 Å². The first-order chi connectivity index (χ1) is 10.6. The molecule has 0 aromatic heterocycles. The second kappa shape index (κ2) is 6.73. The molecule has 0 aliphatic carbocycles. The summed E-state index contributed by atoms with van der Waals surface area (Å²) in [5.74, 6) is -1.78. The molecule has 6 heteroatoms. The molecule has 0 saturated heterocycles. The van der Waals surface area contributed by atoms with Crippen LogP contribution in [0, 0.1) is 0 Å². The average Bonchev–Trinajstić information content (AvgIpc) is 2.52. The van der Waals surface area contributed by atoms with Crippen molar-refractivity contribution >= 4 is 11.8 Å². The lowest BCUT2D eigenvalue weighted by Gasteiger charge is -2.21. The number of hydrogen-bond acceptors (Lipinski definition) is 5. The van der Waals surface area contributed by atoms with Gasteiger partial charge in [0.05, 0.1) is 11.1 Å². The molecule has 0 aliphatic heterocycles. The lowest BCUT2D eigenvalue weighted by molar-refractivity contribution is 0.0618. The number of imide groups is 1. The summed E-state index contributed by atoms with van der Waals surface area (Å²) in [6, 6.07) is 11.9. The van der Waals surface area contributed by atoms with Crippen molar-refractivity contribution in [3.8, 4) is 11.5 Å². The molecule has 2 aromatic rings. The summed E-state index contributed by atoms with van der Waals surface area (Å²) >= 11 is 0. The minimum atomic E-state index is -0.670. The first-order valence-electron chi connectivity index (χ1n) is 6.68. The fourth-order valence-corrected chi connectivity index (χ4v) is 2.02. The molecule has 0 heterocycles. The second-order valence-corrected chi connectivity index (χ2v) is 4.58. The van der Waals surface area contributed by atoms with Gasteiger partial charge in [0, 0.05) is 13.1 Å². The Balaban J connectivity index is 2.38. The highest BCUT2D eigenvalue weighted by Crippen LogP contribution is 2.22. The van der Waals surface area contributed by atoms with E-state index in [1.165, 1.54) is 24.3 Å². The lowest BCUT2D eigenvalue weighted by Crippen LogP contribution is -2.40. The summed E-state index contributed by atoms with van der Waals surface area (Å²) in [5, 5.41) is 19.5. The highest BCUT2D eigenvalue weighted by Gasteiger charge is 2.26. The van der Waals surface area contributed by atoms with Crippen molar-refractivity contribution in [2.75, 3.05) is 13.1 Å². The normalized spacial score (nSPS) is 10.2. The van der Waals surface area contributed by atoms with Gasteiger partial charge < -0.3 is 15.9 Å². The second-order valence-electron chi connectivity index (χ2n) is 4.58. The Kier molecular flexibility index (Phi) is 4.75. The molecule has 0 fully saturated rings. The molecule has 114 valence electrons. The topological polar surface area (TPSA) is 104 Å². The summed E-state index contributed by atoms with van der Waals surface area (Å²) in [6.07, 6.45) is 0. The molecule has 0 aliphatic rings. The van der Waals surface area contributed by atoms with E-state index in [9.17, 15) is 19.8 Å². The van der Waals surface area contributed by atoms with Crippen LogP contribution < -0.4 is 5.73 Å². The molecule has 0 atom stereocenters. The Morgan fingerprint density at radius 3 is 1.64 bits per heavy atom. The minimum absolute atomic E-state index is 0.000258. The van der Waals surface area contributed by atoms with Crippen molar-refractivity contribution in [3.63, 3.8) is 0 Å². The largest absolute Gasteiger partial charge is 0.507 e. The van der Waals surface area contributed by atoms with Crippen molar-refractivity contribution in [2.45, 2.75) is 0 Å². The number of para-hydroxylation sites is 2. The van der Waals surface area contributed by atoms with Crippen LogP contribution in [0.2, 0.25) is 0 Å². The maximum atomic E-state index is 12.5. The molecule has 0 unspecified atom stereocenters. The van der Waals surface area contributed by atoms with Gasteiger partial charge in [0.1, 0.15) is 11.5 Å². The monoisotopic (exact) mass is 300 g/mol. The highest BCUT2D eigenvalue weighted by atomic mass is 16.3. The van der Waals surface area contributed by atoms with Gasteiger partial charge >= 0.3 is 0 Å². The van der Waals surface area contributed by atoms with Crippen molar-refractivity contribution in [1.29, 1.82) is 0 Å². The number of amides is 2. The van der Waals surface area contributed by atoms with E-state index in [1.54, 1.807) is 24.3 Å². The Bertz CT molecular complexity index is 643. The van der Waals surface area contributed by atoms with Gasteiger partial charge in [0.15, 0.2) is 0 Å². The molecule has 0 spiro atoms. The van der Waals surface area contributed by atoms with Gasteiger partial charge in [-0.1, -0.05) is 24.3 Å². The summed E-state index contributed by atoms with van der Waals surface area (Å²) in [4.78, 5) is 25.9. The van der Waals surface area contributed by atoms with Gasteiger partial charge in [-0.15, -0.1) is 0 Å². The molecular formula is C16H16N2O4. The molecule has 2 aromatic carbocycles. The third-order valence-electron chi connectivity index (χ3n) is 3.11. The average molecular weight is 300 g/mol. The van der Waals surface area contributed by atoms with Gasteiger partial charge in [-0.25, -0.2) is 0 Å². The number of aromatic hydroxyl groups is 2. The molecule has 0 saturated carbocycles. The lowest BCUT2D eigenvalue weighted by atomic mass is 10.1. The van der Waals surface area contributed by atoms with E-state index in [1.807, 2.05) is 0 Å². The van der Waals surface area contributed by atoms with E-state index in [4.69, 9.17) is 5.73 Å². The Morgan fingerprint density at radius 1 is 0.864 bits per heavy atom. The van der Waals surface area contributed by atoms with Crippen molar-refractivity contribution in [2.24, 2.45) is 5.73 Å². The molecule has 2 rings (SSSR count). The van der Waals surface area contributed by atoms with Crippen LogP contribution in [-0.4, -0.2) is 40.0 Å². The smallest absolute Gasteiger partial charge is 0.264 e. The number of carbonyl (C=O) groups excluding carboxylic acids is 2. The molecular weight excluding hydrogens is 284 g/mol. The Labute approximate surface area is 127 Å². The van der Waals surface area contributed by atoms with Gasteiger partial charge in [-0.2, -0.15) is 0 Å². The molecule has 22 heavy (non-hydrogen) atoms. The van der Waals surface area contributed by atoms with Crippen LogP contribution in [0.25, 0.3) is 0 Å². The van der Waals surface area contributed by atoms with Gasteiger partial charge in [0.2, 0.25) is 0 Å². The third kappa shape index (κ3) is 3.07. The van der Waals surface area contributed by atoms with Crippen LogP contribution in [-0.2, 0) is 0 Å². The number of carbonyl (C=O) groups is 2. The number of rotatable bonds is 4. The summed E-state index contributed by atoms with van der Waals surface area (Å²) in [6.45, 7) is 0.0407. The van der Waals surface area contributed by atoms with Crippen molar-refractivity contribution in [1.82, 2.24) is 4.90 Å². The quantitative estimate of drug-likeness (QED) is 0.739. The zero-order chi connectivity index (χ0) is 16.1. The Morgan fingerprint density at radius 2 is 1.27 bits per heavy atom. The first-order valence-corrected chi connectivity index (χ1v) is 6.68. The summed E-state index contributed by atoms with van der Waals surface area (Å²) < 4.78 is 0. The SMILES string of the molecule is NCCN(C(=O)c1ccccc1O)C(=O)c1ccccc1O. The van der Waals surface area contributed by atoms with Gasteiger partial charge in [-0.3, -0.25) is 14.5 Å². The number of benzene rings is 2. The van der Waals surface area contributed by atoms with E-state index in [-0.39, 0.29) is 35.7 Å². The first kappa shape index (κ1) is 15.5. The van der Waals surface area contributed by atoms with Crippen LogP contribution in [0.1, 0.15) is 20.7 Å². The van der Waals surface area contributed by atoms with Crippen LogP contribution in [0.4, 0.5) is 0 Å². The van der Waals surface area contributed by atoms with Crippen LogP contribution in [0.5, 0.6) is 11.5 Å². The predicted molar refractivity (Wildman–Crippen MR) is 80.6 cm³/mol. The van der Waals surface area contributed by atoms with E-state index in [2.05, 4.69) is 0 Å². The zero-order valence-electron chi connectivity index (χ0n) is 11.8. The molecule has 6 nitrogen and oxygen atoms in total. The number of nitrogens with two attached hydrogens (primary N) is 1. The zero-order valence-corrected chi connectivity index (χ0v) is 11.8. The van der Waals surface area contributed by atoms with Crippen molar-refractivity contribution < 1.29 is 19.8 Å². The fraction of sp³-hybridized carbons (Fsp3) is 0.125. The predicted octanol–water partition coefficient (Wildman–Crippen LogP) is 1.34. The minimum Gasteiger partial charge on any atom is -0.507 e. The maximum Gasteiger partial charge on any atom is 0.264 e. The summed E-state index contributed by atoms with van der Waals surface area (Å²) in [7, 11) is 0. The molecule has 2 amide bonds. The van der Waals surface area contributed by atoms with E-state index in [0.717, 1.165) is 4.90 Å². The maximum absolute atomic E-state index is 12.5. The van der Waals surface area contributed by atoms with E-state index >= 15 is 0 Å². The fourth-order valence-electron chi connectivity index (χ4n) is 2.02. The van der Waals surface area contributed by atoms with Gasteiger partial charge in [-0.05, 0) is 24.3 Å². The van der Waals surface area contributed by atoms with Gasteiger partial charge in [0.25, 0.3) is 11.8 Å². The van der Waals surface area contributed by atoms with Crippen LogP contribution in [0.3, 0.4) is 0 Å². The molecule has 0 bridgehead atoms. The molecule has 4 N–H and O–H groups in total. The van der Waals surface area contributed by atoms with Crippen LogP contribution in [0.15, 0.2) is 48.5 Å². The van der Waals surface area contributed by atoms with Crippen molar-refractivity contribution in [3.05, 3.63) is 59.7 Å². The summed E-state index contributed by atoms with van der Waals surface area (Å²) in [5.41, 5.74) is 5.47. The standard InChI is InChI=1S/C16H16N2O4/c17-9-10-18(15(21)11-5-1-3-7-13(11)19)16(22)12-6-2-4-8-14(12)20/h1-8,19-20H,9-10,17H2. The number of nitrogens with zero attached hydrogens (tertiary/aromatic N) is 1. The number of hydrogen-bond donors (Lipinski definition) is 3. The number of phenols is 2. The van der Waals surface area contributed by atoms with E-state index < -0.39 is 11.8 Å². The third-order valence-corrected chi connectivity index (χ3v) is 3.11. The molecule has 0 radical (unpaired) electrons. The highest BCUT2D eigenvalue weighted by molar-refractivity contribution is 6.12. The van der Waals surface area contributed by atoms with E-state index in [0.29, 0.717) is 0 Å².